The standard InChI is InChI=1S/C27H40FO2P/c1-16-12-18(25(3,4)5)14-21(24(16)30-31-28)17(2)20-13-19(26(6,7)8)15-22(23(20)29)27(9,10)11/h12-15,17,29,31H,1-11H3. The zero-order valence-electron chi connectivity index (χ0n) is 21.1. The maximum atomic E-state index is 13.3. The molecule has 0 aromatic heterocycles. The Bertz CT molecular complexity index is 944. The fraction of sp³-hybridized carbons (Fsp3) is 0.556. The van der Waals surface area contributed by atoms with Crippen LogP contribution in [-0.4, -0.2) is 5.11 Å². The number of aryl methyl sites for hydroxylation is 1. The van der Waals surface area contributed by atoms with Crippen molar-refractivity contribution in [2.75, 3.05) is 0 Å². The molecule has 2 nitrogen and oxygen atoms in total. The first kappa shape index (κ1) is 25.7. The summed E-state index contributed by atoms with van der Waals surface area (Å²) in [5.74, 6) is 0.746. The summed E-state index contributed by atoms with van der Waals surface area (Å²) in [6.07, 6.45) is 0. The van der Waals surface area contributed by atoms with Crippen LogP contribution in [0.15, 0.2) is 24.3 Å². The molecule has 0 heterocycles. The van der Waals surface area contributed by atoms with Gasteiger partial charge in [0.15, 0.2) is 0 Å². The summed E-state index contributed by atoms with van der Waals surface area (Å²) in [5, 5.41) is 11.4. The van der Waals surface area contributed by atoms with E-state index in [4.69, 9.17) is 4.52 Å². The molecule has 0 saturated carbocycles. The molecule has 1 N–H and O–H groups in total. The topological polar surface area (TPSA) is 29.5 Å². The molecule has 0 amide bonds. The van der Waals surface area contributed by atoms with Crippen molar-refractivity contribution in [2.24, 2.45) is 0 Å². The van der Waals surface area contributed by atoms with Crippen LogP contribution in [0.1, 0.15) is 109 Å². The van der Waals surface area contributed by atoms with Crippen molar-refractivity contribution in [1.82, 2.24) is 0 Å². The van der Waals surface area contributed by atoms with Crippen molar-refractivity contribution >= 4 is 9.12 Å². The van der Waals surface area contributed by atoms with Crippen LogP contribution in [0, 0.1) is 6.92 Å². The quantitative estimate of drug-likeness (QED) is 0.476. The average Bonchev–Trinajstić information content (AvgIpc) is 2.60. The minimum Gasteiger partial charge on any atom is -0.507 e. The summed E-state index contributed by atoms with van der Waals surface area (Å²) in [6.45, 7) is 23.5. The third kappa shape index (κ3) is 5.61. The molecule has 31 heavy (non-hydrogen) atoms. The molecule has 0 bridgehead atoms. The van der Waals surface area contributed by atoms with E-state index in [1.807, 2.05) is 6.92 Å². The highest BCUT2D eigenvalue weighted by Crippen LogP contribution is 2.46. The molecule has 172 valence electrons. The highest BCUT2D eigenvalue weighted by Gasteiger charge is 2.29. The van der Waals surface area contributed by atoms with E-state index in [9.17, 15) is 9.30 Å². The molecule has 2 aromatic rings. The third-order valence-corrected chi connectivity index (χ3v) is 6.34. The van der Waals surface area contributed by atoms with Crippen molar-refractivity contribution in [3.63, 3.8) is 0 Å². The number of phenolic OH excluding ortho intramolecular Hbond substituents is 1. The van der Waals surface area contributed by atoms with E-state index in [0.29, 0.717) is 11.5 Å². The van der Waals surface area contributed by atoms with Crippen molar-refractivity contribution in [3.05, 3.63) is 57.6 Å². The smallest absolute Gasteiger partial charge is 0.261 e. The van der Waals surface area contributed by atoms with Crippen molar-refractivity contribution in [3.8, 4) is 11.5 Å². The van der Waals surface area contributed by atoms with E-state index < -0.39 is 9.12 Å². The lowest BCUT2D eigenvalue weighted by Gasteiger charge is -2.30. The van der Waals surface area contributed by atoms with Crippen LogP contribution in [0.4, 0.5) is 4.20 Å². The monoisotopic (exact) mass is 446 g/mol. The molecule has 0 radical (unpaired) electrons. The SMILES string of the molecule is Cc1cc(C(C)(C)C)cc(C(C)c2cc(C(C)(C)C)cc(C(C)(C)C)c2O)c1OPF. The lowest BCUT2D eigenvalue weighted by molar-refractivity contribution is 0.435. The minimum atomic E-state index is -1.13. The van der Waals surface area contributed by atoms with E-state index in [1.165, 1.54) is 11.1 Å². The lowest BCUT2D eigenvalue weighted by atomic mass is 9.76. The lowest BCUT2D eigenvalue weighted by Crippen LogP contribution is -2.18. The van der Waals surface area contributed by atoms with E-state index in [0.717, 1.165) is 22.3 Å². The van der Waals surface area contributed by atoms with Crippen LogP contribution in [-0.2, 0) is 16.2 Å². The van der Waals surface area contributed by atoms with Crippen molar-refractivity contribution in [1.29, 1.82) is 0 Å². The van der Waals surface area contributed by atoms with Gasteiger partial charge in [0.05, 0.1) is 0 Å². The van der Waals surface area contributed by atoms with Crippen LogP contribution < -0.4 is 4.52 Å². The minimum absolute atomic E-state index is 0.0539. The van der Waals surface area contributed by atoms with Gasteiger partial charge < -0.3 is 9.63 Å². The van der Waals surface area contributed by atoms with Gasteiger partial charge in [0, 0.05) is 17.0 Å². The first-order valence-electron chi connectivity index (χ1n) is 11.0. The Morgan fingerprint density at radius 1 is 0.806 bits per heavy atom. The van der Waals surface area contributed by atoms with Gasteiger partial charge in [-0.2, -0.15) is 4.20 Å². The van der Waals surface area contributed by atoms with Gasteiger partial charge in [-0.05, 0) is 45.4 Å². The Morgan fingerprint density at radius 3 is 1.74 bits per heavy atom. The Hall–Kier alpha value is -1.60. The summed E-state index contributed by atoms with van der Waals surface area (Å²) in [4.78, 5) is 0. The largest absolute Gasteiger partial charge is 0.507 e. The number of phenols is 1. The average molecular weight is 447 g/mol. The second-order valence-electron chi connectivity index (χ2n) is 11.8. The summed E-state index contributed by atoms with van der Waals surface area (Å²) in [6, 6.07) is 8.43. The van der Waals surface area contributed by atoms with Gasteiger partial charge >= 0.3 is 0 Å². The molecular formula is C27H40FO2P. The Morgan fingerprint density at radius 2 is 1.29 bits per heavy atom. The van der Waals surface area contributed by atoms with Gasteiger partial charge in [-0.25, -0.2) is 0 Å². The zero-order chi connectivity index (χ0) is 23.9. The fourth-order valence-corrected chi connectivity index (χ4v) is 4.25. The Labute approximate surface area is 190 Å². The summed E-state index contributed by atoms with van der Waals surface area (Å²) in [7, 11) is -1.13. The molecular weight excluding hydrogens is 406 g/mol. The predicted octanol–water partition coefficient (Wildman–Crippen LogP) is 8.60. The van der Waals surface area contributed by atoms with Gasteiger partial charge in [-0.15, -0.1) is 0 Å². The Kier molecular flexibility index (Phi) is 7.23. The second-order valence-corrected chi connectivity index (χ2v) is 12.2. The molecule has 0 saturated heterocycles. The normalized spacial score (nSPS) is 14.3. The van der Waals surface area contributed by atoms with Gasteiger partial charge in [0.1, 0.15) is 11.5 Å². The Balaban J connectivity index is 2.84. The van der Waals surface area contributed by atoms with E-state index in [-0.39, 0.29) is 22.2 Å². The molecule has 2 atom stereocenters. The maximum Gasteiger partial charge on any atom is 0.261 e. The van der Waals surface area contributed by atoms with Crippen LogP contribution in [0.3, 0.4) is 0 Å². The van der Waals surface area contributed by atoms with Crippen LogP contribution in [0.25, 0.3) is 0 Å². The van der Waals surface area contributed by atoms with E-state index in [2.05, 4.69) is 93.5 Å². The first-order valence-corrected chi connectivity index (χ1v) is 11.8. The van der Waals surface area contributed by atoms with Gasteiger partial charge in [-0.3, -0.25) is 0 Å². The number of rotatable bonds is 4. The summed E-state index contributed by atoms with van der Waals surface area (Å²) in [5.41, 5.74) is 5.64. The molecule has 0 fully saturated rings. The number of hydrogen-bond acceptors (Lipinski definition) is 2. The van der Waals surface area contributed by atoms with Crippen LogP contribution in [0.5, 0.6) is 11.5 Å². The first-order chi connectivity index (χ1) is 14.0. The fourth-order valence-electron chi connectivity index (χ4n) is 3.89. The maximum absolute atomic E-state index is 13.3. The molecule has 0 aliphatic heterocycles. The molecule has 4 heteroatoms. The van der Waals surface area contributed by atoms with Crippen LogP contribution >= 0.6 is 9.12 Å². The number of halogens is 1. The highest BCUT2D eigenvalue weighted by atomic mass is 31.1. The molecule has 2 rings (SSSR count). The molecule has 0 aliphatic rings. The molecule has 2 aromatic carbocycles. The van der Waals surface area contributed by atoms with E-state index >= 15 is 0 Å². The van der Waals surface area contributed by atoms with Gasteiger partial charge in [0.2, 0.25) is 0 Å². The number of aromatic hydroxyl groups is 1. The van der Waals surface area contributed by atoms with Gasteiger partial charge in [-0.1, -0.05) is 93.5 Å². The second kappa shape index (κ2) is 8.74. The summed E-state index contributed by atoms with van der Waals surface area (Å²) >= 11 is 0. The van der Waals surface area contributed by atoms with E-state index in [1.54, 1.807) is 0 Å². The number of benzene rings is 2. The molecule has 2 unspecified atom stereocenters. The highest BCUT2D eigenvalue weighted by molar-refractivity contribution is 7.26. The third-order valence-electron chi connectivity index (χ3n) is 6.06. The molecule has 0 aliphatic carbocycles. The van der Waals surface area contributed by atoms with Crippen molar-refractivity contribution in [2.45, 2.75) is 98.3 Å². The van der Waals surface area contributed by atoms with Crippen molar-refractivity contribution < 1.29 is 13.8 Å². The molecule has 0 spiro atoms. The van der Waals surface area contributed by atoms with Gasteiger partial charge in [0.25, 0.3) is 9.12 Å². The predicted molar refractivity (Wildman–Crippen MR) is 133 cm³/mol. The summed E-state index contributed by atoms with van der Waals surface area (Å²) < 4.78 is 18.8. The zero-order valence-corrected chi connectivity index (χ0v) is 22.1. The van der Waals surface area contributed by atoms with Crippen LogP contribution in [0.2, 0.25) is 0 Å². The number of hydrogen-bond donors (Lipinski definition) is 1.